The molecular formula is C20H17F6N5OS. The van der Waals surface area contributed by atoms with Gasteiger partial charge in [-0.25, -0.2) is 26.3 Å². The summed E-state index contributed by atoms with van der Waals surface area (Å²) in [6.45, 7) is 1.84. The molecule has 0 saturated heterocycles. The van der Waals surface area contributed by atoms with Crippen LogP contribution < -0.4 is 5.32 Å². The third kappa shape index (κ3) is 4.98. The minimum absolute atomic E-state index is 0.192. The molecule has 1 N–H and O–H groups in total. The molecule has 0 spiro atoms. The predicted octanol–water partition coefficient (Wildman–Crippen LogP) is 4.46. The van der Waals surface area contributed by atoms with Crippen molar-refractivity contribution in [2.75, 3.05) is 25.2 Å². The summed E-state index contributed by atoms with van der Waals surface area (Å²) in [6, 6.07) is 5.17. The Balaban J connectivity index is 1.86. The van der Waals surface area contributed by atoms with E-state index in [9.17, 15) is 31.1 Å². The van der Waals surface area contributed by atoms with Gasteiger partial charge in [-0.05, 0) is 45.3 Å². The van der Waals surface area contributed by atoms with E-state index in [1.165, 1.54) is 24.3 Å². The van der Waals surface area contributed by atoms with E-state index in [-0.39, 0.29) is 11.2 Å². The second-order valence-electron chi connectivity index (χ2n) is 7.07. The molecular weight excluding hydrogens is 472 g/mol. The largest absolute Gasteiger partial charge is 0.320 e. The maximum Gasteiger partial charge on any atom is 0.235 e. The van der Waals surface area contributed by atoms with Gasteiger partial charge >= 0.3 is 0 Å². The fourth-order valence-corrected chi connectivity index (χ4v) is 3.49. The van der Waals surface area contributed by atoms with Gasteiger partial charge < -0.3 is 5.32 Å². The van der Waals surface area contributed by atoms with Gasteiger partial charge in [-0.2, -0.15) is 0 Å². The maximum absolute atomic E-state index is 13.8. The summed E-state index contributed by atoms with van der Waals surface area (Å²) < 4.78 is 82.4. The topological polar surface area (TPSA) is 63.1 Å². The number of hydrogen-bond acceptors (Lipinski definition) is 5. The molecule has 0 fully saturated rings. The van der Waals surface area contributed by atoms with Crippen LogP contribution in [-0.2, 0) is 4.79 Å². The van der Waals surface area contributed by atoms with Crippen molar-refractivity contribution < 1.29 is 31.1 Å². The van der Waals surface area contributed by atoms with E-state index in [0.29, 0.717) is 11.5 Å². The van der Waals surface area contributed by atoms with Gasteiger partial charge in [0.2, 0.25) is 11.7 Å². The molecule has 1 heterocycles. The minimum atomic E-state index is -2.33. The molecule has 176 valence electrons. The second kappa shape index (κ2) is 9.83. The lowest BCUT2D eigenvalue weighted by Crippen LogP contribution is -2.21. The number of benzene rings is 2. The number of carbonyl (C=O) groups is 1. The van der Waals surface area contributed by atoms with Crippen LogP contribution in [0.2, 0.25) is 0 Å². The van der Waals surface area contributed by atoms with Crippen molar-refractivity contribution in [1.82, 2.24) is 19.7 Å². The Morgan fingerprint density at radius 3 is 2.06 bits per heavy atom. The van der Waals surface area contributed by atoms with Crippen LogP contribution in [0.1, 0.15) is 18.8 Å². The molecule has 0 aliphatic carbocycles. The molecule has 0 saturated carbocycles. The second-order valence-corrected chi connectivity index (χ2v) is 8.02. The van der Waals surface area contributed by atoms with E-state index in [1.807, 2.05) is 11.8 Å². The van der Waals surface area contributed by atoms with Crippen LogP contribution in [0.3, 0.4) is 0 Å². The van der Waals surface area contributed by atoms with Crippen molar-refractivity contribution >= 4 is 23.4 Å². The Labute approximate surface area is 188 Å². The fourth-order valence-electron chi connectivity index (χ4n) is 2.73. The number of halogens is 6. The third-order valence-electron chi connectivity index (χ3n) is 4.70. The average Bonchev–Trinajstić information content (AvgIpc) is 3.21. The zero-order chi connectivity index (χ0) is 24.4. The van der Waals surface area contributed by atoms with E-state index in [4.69, 9.17) is 0 Å². The SMILES string of the molecule is C[C@@H](c1nnc(SCC(=O)Nc2c(F)c(F)c(F)c(F)c2F)n1-c1ccc(F)cc1)N(C)C. The van der Waals surface area contributed by atoms with Gasteiger partial charge in [0.15, 0.2) is 34.2 Å². The quantitative estimate of drug-likeness (QED) is 0.230. The Morgan fingerprint density at radius 2 is 1.52 bits per heavy atom. The van der Waals surface area contributed by atoms with Crippen molar-refractivity contribution in [2.45, 2.75) is 18.1 Å². The summed E-state index contributed by atoms with van der Waals surface area (Å²) in [4.78, 5) is 14.1. The highest BCUT2D eigenvalue weighted by Gasteiger charge is 2.27. The van der Waals surface area contributed by atoms with Gasteiger partial charge in [-0.1, -0.05) is 11.8 Å². The number of nitrogens with one attached hydrogen (secondary N) is 1. The Kier molecular flexibility index (Phi) is 7.32. The highest BCUT2D eigenvalue weighted by Crippen LogP contribution is 2.29. The predicted molar refractivity (Wildman–Crippen MR) is 109 cm³/mol. The van der Waals surface area contributed by atoms with Crippen molar-refractivity contribution in [3.05, 3.63) is 65.0 Å². The molecule has 1 atom stereocenters. The molecule has 13 heteroatoms. The standard InChI is InChI=1S/C20H17F6N5OS/c1-9(30(2)3)19-28-29-20(31(19)11-6-4-10(21)5-7-11)33-8-12(32)27-18-16(25)14(23)13(22)15(24)17(18)26/h4-7,9H,8H2,1-3H3,(H,27,32)/t9-/m0/s1. The molecule has 33 heavy (non-hydrogen) atoms. The minimum Gasteiger partial charge on any atom is -0.320 e. The lowest BCUT2D eigenvalue weighted by atomic mass is 10.2. The lowest BCUT2D eigenvalue weighted by Gasteiger charge is -2.20. The lowest BCUT2D eigenvalue weighted by molar-refractivity contribution is -0.113. The normalized spacial score (nSPS) is 12.3. The number of hydrogen-bond donors (Lipinski definition) is 1. The molecule has 3 aromatic rings. The Morgan fingerprint density at radius 1 is 0.970 bits per heavy atom. The van der Waals surface area contributed by atoms with Gasteiger partial charge in [-0.15, -0.1) is 10.2 Å². The molecule has 0 aliphatic rings. The third-order valence-corrected chi connectivity index (χ3v) is 5.63. The first-order valence-electron chi connectivity index (χ1n) is 9.34. The molecule has 1 amide bonds. The highest BCUT2D eigenvalue weighted by atomic mass is 32.2. The number of nitrogens with zero attached hydrogens (tertiary/aromatic N) is 4. The number of amides is 1. The van der Waals surface area contributed by atoms with E-state index < -0.39 is 52.3 Å². The van der Waals surface area contributed by atoms with Crippen LogP contribution in [-0.4, -0.2) is 45.4 Å². The molecule has 0 bridgehead atoms. The number of thioether (sulfide) groups is 1. The highest BCUT2D eigenvalue weighted by molar-refractivity contribution is 7.99. The van der Waals surface area contributed by atoms with Gasteiger partial charge in [0.1, 0.15) is 11.5 Å². The maximum atomic E-state index is 13.8. The first-order chi connectivity index (χ1) is 15.5. The summed E-state index contributed by atoms with van der Waals surface area (Å²) in [5.41, 5.74) is -0.952. The summed E-state index contributed by atoms with van der Waals surface area (Å²) >= 11 is 0.805. The monoisotopic (exact) mass is 489 g/mol. The summed E-state index contributed by atoms with van der Waals surface area (Å²) in [5, 5.41) is 10.0. The van der Waals surface area contributed by atoms with Crippen LogP contribution in [0.4, 0.5) is 32.0 Å². The van der Waals surface area contributed by atoms with Crippen LogP contribution in [0, 0.1) is 34.9 Å². The summed E-state index contributed by atoms with van der Waals surface area (Å²) in [5.74, 6) is -12.5. The van der Waals surface area contributed by atoms with E-state index in [0.717, 1.165) is 11.8 Å². The van der Waals surface area contributed by atoms with E-state index in [1.54, 1.807) is 24.0 Å². The molecule has 3 rings (SSSR count). The first-order valence-corrected chi connectivity index (χ1v) is 10.3. The zero-order valence-electron chi connectivity index (χ0n) is 17.5. The number of anilines is 1. The molecule has 1 aromatic heterocycles. The Bertz CT molecular complexity index is 1160. The molecule has 0 unspecified atom stereocenters. The van der Waals surface area contributed by atoms with Crippen molar-refractivity contribution in [2.24, 2.45) is 0 Å². The summed E-state index contributed by atoms with van der Waals surface area (Å²) in [7, 11) is 3.61. The number of carbonyl (C=O) groups excluding carboxylic acids is 1. The van der Waals surface area contributed by atoms with Crippen molar-refractivity contribution in [1.29, 1.82) is 0 Å². The molecule has 2 aromatic carbocycles. The summed E-state index contributed by atoms with van der Waals surface area (Å²) in [6.07, 6.45) is 0. The smallest absolute Gasteiger partial charge is 0.235 e. The van der Waals surface area contributed by atoms with Gasteiger partial charge in [0.25, 0.3) is 0 Å². The van der Waals surface area contributed by atoms with E-state index in [2.05, 4.69) is 10.2 Å². The number of rotatable bonds is 7. The first kappa shape index (κ1) is 24.6. The van der Waals surface area contributed by atoms with Gasteiger partial charge in [-0.3, -0.25) is 14.3 Å². The zero-order valence-corrected chi connectivity index (χ0v) is 18.3. The molecule has 6 nitrogen and oxygen atoms in total. The fraction of sp³-hybridized carbons (Fsp3) is 0.250. The van der Waals surface area contributed by atoms with E-state index >= 15 is 0 Å². The number of aromatic nitrogens is 3. The van der Waals surface area contributed by atoms with Crippen molar-refractivity contribution in [3.63, 3.8) is 0 Å². The van der Waals surface area contributed by atoms with Crippen LogP contribution >= 0.6 is 11.8 Å². The van der Waals surface area contributed by atoms with Gasteiger partial charge in [0.05, 0.1) is 11.8 Å². The molecule has 0 aliphatic heterocycles. The Hall–Kier alpha value is -3.06. The van der Waals surface area contributed by atoms with Crippen LogP contribution in [0.15, 0.2) is 29.4 Å². The molecule has 0 radical (unpaired) electrons. The van der Waals surface area contributed by atoms with Crippen molar-refractivity contribution in [3.8, 4) is 5.69 Å². The van der Waals surface area contributed by atoms with Crippen LogP contribution in [0.5, 0.6) is 0 Å². The van der Waals surface area contributed by atoms with Crippen LogP contribution in [0.25, 0.3) is 5.69 Å². The average molecular weight is 489 g/mol. The van der Waals surface area contributed by atoms with Gasteiger partial charge in [0, 0.05) is 5.69 Å².